The highest BCUT2D eigenvalue weighted by Gasteiger charge is 2.27. The van der Waals surface area contributed by atoms with Crippen molar-refractivity contribution in [3.05, 3.63) is 0 Å². The molecule has 2 N–H and O–H groups in total. The maximum absolute atomic E-state index is 11.7. The van der Waals surface area contributed by atoms with Gasteiger partial charge in [0.1, 0.15) is 0 Å². The SMILES string of the molecule is CNC(=O)C(C)(C)CNC1CCCCCCC1. The monoisotopic (exact) mass is 240 g/mol. The van der Waals surface area contributed by atoms with Gasteiger partial charge in [-0.05, 0) is 26.7 Å². The molecule has 3 nitrogen and oxygen atoms in total. The van der Waals surface area contributed by atoms with Crippen LogP contribution in [0.5, 0.6) is 0 Å². The van der Waals surface area contributed by atoms with Crippen LogP contribution in [0.25, 0.3) is 0 Å². The number of nitrogens with one attached hydrogen (secondary N) is 2. The molecule has 0 atom stereocenters. The van der Waals surface area contributed by atoms with Gasteiger partial charge in [0.25, 0.3) is 0 Å². The lowest BCUT2D eigenvalue weighted by Crippen LogP contribution is -2.45. The zero-order chi connectivity index (χ0) is 12.7. The van der Waals surface area contributed by atoms with E-state index in [1.807, 2.05) is 13.8 Å². The summed E-state index contributed by atoms with van der Waals surface area (Å²) in [5.74, 6) is 0.121. The summed E-state index contributed by atoms with van der Waals surface area (Å²) < 4.78 is 0. The van der Waals surface area contributed by atoms with Crippen LogP contribution in [0.1, 0.15) is 58.8 Å². The van der Waals surface area contributed by atoms with E-state index in [9.17, 15) is 4.79 Å². The van der Waals surface area contributed by atoms with Gasteiger partial charge in [0, 0.05) is 19.6 Å². The number of hydrogen-bond donors (Lipinski definition) is 2. The maximum atomic E-state index is 11.7. The topological polar surface area (TPSA) is 41.1 Å². The molecule has 0 heterocycles. The quantitative estimate of drug-likeness (QED) is 0.792. The van der Waals surface area contributed by atoms with E-state index in [2.05, 4.69) is 10.6 Å². The summed E-state index contributed by atoms with van der Waals surface area (Å²) in [6, 6.07) is 0.610. The molecule has 1 saturated carbocycles. The molecule has 0 aromatic rings. The number of carbonyl (C=O) groups is 1. The van der Waals surface area contributed by atoms with Crippen LogP contribution in [0.2, 0.25) is 0 Å². The van der Waals surface area contributed by atoms with Crippen molar-refractivity contribution in [1.29, 1.82) is 0 Å². The first-order chi connectivity index (χ1) is 8.06. The predicted octanol–water partition coefficient (Wildman–Crippen LogP) is 2.46. The van der Waals surface area contributed by atoms with Crippen molar-refractivity contribution >= 4 is 5.91 Å². The summed E-state index contributed by atoms with van der Waals surface area (Å²) in [4.78, 5) is 11.7. The zero-order valence-corrected chi connectivity index (χ0v) is 11.6. The minimum Gasteiger partial charge on any atom is -0.359 e. The third-order valence-electron chi connectivity index (χ3n) is 3.78. The minimum absolute atomic E-state index is 0.121. The fourth-order valence-electron chi connectivity index (χ4n) is 2.48. The lowest BCUT2D eigenvalue weighted by atomic mass is 9.90. The average molecular weight is 240 g/mol. The Morgan fingerprint density at radius 1 is 1.12 bits per heavy atom. The molecule has 0 aliphatic heterocycles. The van der Waals surface area contributed by atoms with E-state index in [1.165, 1.54) is 44.9 Å². The van der Waals surface area contributed by atoms with Gasteiger partial charge in [-0.15, -0.1) is 0 Å². The Morgan fingerprint density at radius 3 is 2.18 bits per heavy atom. The van der Waals surface area contributed by atoms with Crippen molar-refractivity contribution < 1.29 is 4.79 Å². The van der Waals surface area contributed by atoms with Crippen LogP contribution >= 0.6 is 0 Å². The molecule has 0 unspecified atom stereocenters. The molecular formula is C14H28N2O. The van der Waals surface area contributed by atoms with Gasteiger partial charge >= 0.3 is 0 Å². The number of carbonyl (C=O) groups excluding carboxylic acids is 1. The van der Waals surface area contributed by atoms with Crippen LogP contribution in [0.3, 0.4) is 0 Å². The van der Waals surface area contributed by atoms with Gasteiger partial charge in [0.05, 0.1) is 5.41 Å². The van der Waals surface area contributed by atoms with Gasteiger partial charge in [-0.3, -0.25) is 4.79 Å². The Bertz CT molecular complexity index is 230. The van der Waals surface area contributed by atoms with Gasteiger partial charge in [-0.2, -0.15) is 0 Å². The molecule has 0 spiro atoms. The average Bonchev–Trinajstić information content (AvgIpc) is 2.26. The first-order valence-electron chi connectivity index (χ1n) is 7.02. The molecule has 100 valence electrons. The van der Waals surface area contributed by atoms with Crippen molar-refractivity contribution in [1.82, 2.24) is 10.6 Å². The Balaban J connectivity index is 2.34. The summed E-state index contributed by atoms with van der Waals surface area (Å²) in [6.07, 6.45) is 9.34. The molecule has 3 heteroatoms. The summed E-state index contributed by atoms with van der Waals surface area (Å²) >= 11 is 0. The molecule has 1 amide bonds. The van der Waals surface area contributed by atoms with E-state index < -0.39 is 0 Å². The molecule has 0 radical (unpaired) electrons. The fraction of sp³-hybridized carbons (Fsp3) is 0.929. The number of hydrogen-bond acceptors (Lipinski definition) is 2. The third kappa shape index (κ3) is 5.07. The second-order valence-electron chi connectivity index (χ2n) is 5.89. The lowest BCUT2D eigenvalue weighted by molar-refractivity contribution is -0.128. The molecule has 0 bridgehead atoms. The fourth-order valence-corrected chi connectivity index (χ4v) is 2.48. The molecule has 0 aromatic carbocycles. The number of amides is 1. The second kappa shape index (κ2) is 7.00. The van der Waals surface area contributed by atoms with Crippen LogP contribution in [-0.4, -0.2) is 25.5 Å². The zero-order valence-electron chi connectivity index (χ0n) is 11.6. The van der Waals surface area contributed by atoms with Gasteiger partial charge in [-0.1, -0.05) is 32.1 Å². The van der Waals surface area contributed by atoms with E-state index in [-0.39, 0.29) is 11.3 Å². The van der Waals surface area contributed by atoms with Gasteiger partial charge < -0.3 is 10.6 Å². The van der Waals surface area contributed by atoms with Crippen LogP contribution in [0, 0.1) is 5.41 Å². The summed E-state index contributed by atoms with van der Waals surface area (Å²) in [5, 5.41) is 6.32. The van der Waals surface area contributed by atoms with Crippen LogP contribution in [0.15, 0.2) is 0 Å². The molecule has 1 aliphatic rings. The summed E-state index contributed by atoms with van der Waals surface area (Å²) in [5.41, 5.74) is -0.308. The Morgan fingerprint density at radius 2 is 1.65 bits per heavy atom. The van der Waals surface area contributed by atoms with E-state index in [0.29, 0.717) is 6.04 Å². The van der Waals surface area contributed by atoms with Crippen molar-refractivity contribution in [3.63, 3.8) is 0 Å². The minimum atomic E-state index is -0.308. The van der Waals surface area contributed by atoms with Crippen LogP contribution < -0.4 is 10.6 Å². The Hall–Kier alpha value is -0.570. The third-order valence-corrected chi connectivity index (χ3v) is 3.78. The van der Waals surface area contributed by atoms with E-state index in [0.717, 1.165) is 6.54 Å². The maximum Gasteiger partial charge on any atom is 0.226 e. The molecule has 0 saturated heterocycles. The van der Waals surface area contributed by atoms with Crippen molar-refractivity contribution in [2.45, 2.75) is 64.8 Å². The van der Waals surface area contributed by atoms with E-state index >= 15 is 0 Å². The van der Waals surface area contributed by atoms with Crippen LogP contribution in [-0.2, 0) is 4.79 Å². The largest absolute Gasteiger partial charge is 0.359 e. The van der Waals surface area contributed by atoms with Crippen LogP contribution in [0.4, 0.5) is 0 Å². The second-order valence-corrected chi connectivity index (χ2v) is 5.89. The molecular weight excluding hydrogens is 212 g/mol. The molecule has 0 aromatic heterocycles. The predicted molar refractivity (Wildman–Crippen MR) is 72.0 cm³/mol. The van der Waals surface area contributed by atoms with E-state index in [1.54, 1.807) is 7.05 Å². The Kier molecular flexibility index (Phi) is 5.96. The standard InChI is InChI=1S/C14H28N2O/c1-14(2,13(17)15-3)11-16-12-9-7-5-4-6-8-10-12/h12,16H,4-11H2,1-3H3,(H,15,17). The lowest BCUT2D eigenvalue weighted by Gasteiger charge is -2.28. The highest BCUT2D eigenvalue weighted by molar-refractivity contribution is 5.81. The van der Waals surface area contributed by atoms with Gasteiger partial charge in [0.2, 0.25) is 5.91 Å². The molecule has 1 fully saturated rings. The number of rotatable bonds is 4. The molecule has 1 aliphatic carbocycles. The molecule has 17 heavy (non-hydrogen) atoms. The first kappa shape index (κ1) is 14.5. The van der Waals surface area contributed by atoms with Gasteiger partial charge in [-0.25, -0.2) is 0 Å². The van der Waals surface area contributed by atoms with E-state index in [4.69, 9.17) is 0 Å². The van der Waals surface area contributed by atoms with Gasteiger partial charge in [0.15, 0.2) is 0 Å². The highest BCUT2D eigenvalue weighted by Crippen LogP contribution is 2.19. The Labute approximate surface area is 106 Å². The molecule has 1 rings (SSSR count). The summed E-state index contributed by atoms with van der Waals surface area (Å²) in [6.45, 7) is 4.78. The smallest absolute Gasteiger partial charge is 0.226 e. The normalized spacial score (nSPS) is 19.5. The first-order valence-corrected chi connectivity index (χ1v) is 7.02. The summed E-state index contributed by atoms with van der Waals surface area (Å²) in [7, 11) is 1.71. The van der Waals surface area contributed by atoms with Crippen molar-refractivity contribution in [3.8, 4) is 0 Å². The van der Waals surface area contributed by atoms with Crippen molar-refractivity contribution in [2.75, 3.05) is 13.6 Å². The van der Waals surface area contributed by atoms with Crippen molar-refractivity contribution in [2.24, 2.45) is 5.41 Å². The highest BCUT2D eigenvalue weighted by atomic mass is 16.2.